The maximum Gasteiger partial charge on any atom is 0.514 e. The molecule has 1 aromatic carbocycles. The molecular formula is C12H13F3O3. The van der Waals surface area contributed by atoms with Crippen LogP contribution < -0.4 is 4.74 Å². The van der Waals surface area contributed by atoms with Crippen LogP contribution >= 0.6 is 0 Å². The summed E-state index contributed by atoms with van der Waals surface area (Å²) in [6, 6.07) is 4.45. The SMILES string of the molecule is CC(C)(C)OC(=O)Oc1ccccc1C(F)(F)F. The molecule has 1 rings (SSSR count). The average Bonchev–Trinajstić information content (AvgIpc) is 2.13. The van der Waals surface area contributed by atoms with Gasteiger partial charge in [0.15, 0.2) is 0 Å². The molecule has 0 heterocycles. The Bertz CT molecular complexity index is 433. The summed E-state index contributed by atoms with van der Waals surface area (Å²) in [5.74, 6) is -0.570. The van der Waals surface area contributed by atoms with E-state index in [0.717, 1.165) is 12.1 Å². The van der Waals surface area contributed by atoms with Gasteiger partial charge in [0.25, 0.3) is 0 Å². The van der Waals surface area contributed by atoms with E-state index < -0.39 is 29.2 Å². The van der Waals surface area contributed by atoms with Gasteiger partial charge in [-0.2, -0.15) is 13.2 Å². The van der Waals surface area contributed by atoms with Crippen LogP contribution in [0.1, 0.15) is 26.3 Å². The molecule has 0 N–H and O–H groups in total. The van der Waals surface area contributed by atoms with E-state index in [2.05, 4.69) is 4.74 Å². The normalized spacial score (nSPS) is 12.1. The Morgan fingerprint density at radius 2 is 1.67 bits per heavy atom. The Labute approximate surface area is 103 Å². The number of carbonyl (C=O) groups excluding carboxylic acids is 1. The predicted octanol–water partition coefficient (Wildman–Crippen LogP) is 4.02. The lowest BCUT2D eigenvalue weighted by Gasteiger charge is -2.19. The van der Waals surface area contributed by atoms with Crippen molar-refractivity contribution in [2.24, 2.45) is 0 Å². The molecule has 0 aliphatic rings. The van der Waals surface area contributed by atoms with Gasteiger partial charge in [0.05, 0.1) is 5.56 Å². The molecule has 0 aromatic heterocycles. The second kappa shape index (κ2) is 4.88. The number of ether oxygens (including phenoxy) is 2. The molecule has 0 spiro atoms. The van der Waals surface area contributed by atoms with Gasteiger partial charge in [-0.25, -0.2) is 4.79 Å². The fourth-order valence-electron chi connectivity index (χ4n) is 1.15. The molecule has 18 heavy (non-hydrogen) atoms. The molecule has 0 amide bonds. The lowest BCUT2D eigenvalue weighted by molar-refractivity contribution is -0.138. The zero-order chi connectivity index (χ0) is 14.0. The number of hydrogen-bond donors (Lipinski definition) is 0. The summed E-state index contributed by atoms with van der Waals surface area (Å²) in [6.07, 6.45) is -5.75. The maximum absolute atomic E-state index is 12.6. The summed E-state index contributed by atoms with van der Waals surface area (Å²) in [5.41, 5.74) is -1.85. The van der Waals surface area contributed by atoms with Crippen molar-refractivity contribution in [2.75, 3.05) is 0 Å². The van der Waals surface area contributed by atoms with Crippen LogP contribution in [0.2, 0.25) is 0 Å². The molecule has 0 aliphatic heterocycles. The van der Waals surface area contributed by atoms with E-state index in [9.17, 15) is 18.0 Å². The average molecular weight is 262 g/mol. The van der Waals surface area contributed by atoms with Gasteiger partial charge in [0.1, 0.15) is 11.4 Å². The van der Waals surface area contributed by atoms with Crippen molar-refractivity contribution in [2.45, 2.75) is 32.5 Å². The third-order valence-corrected chi connectivity index (χ3v) is 1.78. The Morgan fingerprint density at radius 1 is 1.11 bits per heavy atom. The van der Waals surface area contributed by atoms with Crippen molar-refractivity contribution in [1.82, 2.24) is 0 Å². The molecule has 1 aromatic rings. The predicted molar refractivity (Wildman–Crippen MR) is 58.3 cm³/mol. The van der Waals surface area contributed by atoms with E-state index in [0.29, 0.717) is 0 Å². The van der Waals surface area contributed by atoms with E-state index in [4.69, 9.17) is 4.74 Å². The highest BCUT2D eigenvalue weighted by Crippen LogP contribution is 2.36. The van der Waals surface area contributed by atoms with Crippen molar-refractivity contribution in [1.29, 1.82) is 0 Å². The van der Waals surface area contributed by atoms with Gasteiger partial charge in [-0.05, 0) is 32.9 Å². The van der Waals surface area contributed by atoms with Crippen LogP contribution in [0.25, 0.3) is 0 Å². The van der Waals surface area contributed by atoms with Crippen molar-refractivity contribution in [3.05, 3.63) is 29.8 Å². The van der Waals surface area contributed by atoms with E-state index in [1.54, 1.807) is 20.8 Å². The van der Waals surface area contributed by atoms with Crippen molar-refractivity contribution >= 4 is 6.16 Å². The minimum atomic E-state index is -4.58. The molecule has 3 nitrogen and oxygen atoms in total. The van der Waals surface area contributed by atoms with E-state index in [-0.39, 0.29) is 0 Å². The highest BCUT2D eigenvalue weighted by molar-refractivity contribution is 5.65. The number of hydrogen-bond acceptors (Lipinski definition) is 3. The van der Waals surface area contributed by atoms with Gasteiger partial charge >= 0.3 is 12.3 Å². The lowest BCUT2D eigenvalue weighted by atomic mass is 10.2. The summed E-state index contributed by atoms with van der Waals surface area (Å²) in [5, 5.41) is 0. The third-order valence-electron chi connectivity index (χ3n) is 1.78. The third kappa shape index (κ3) is 4.27. The monoisotopic (exact) mass is 262 g/mol. The molecule has 0 atom stereocenters. The molecular weight excluding hydrogens is 249 g/mol. The van der Waals surface area contributed by atoms with Gasteiger partial charge in [0.2, 0.25) is 0 Å². The topological polar surface area (TPSA) is 35.5 Å². The van der Waals surface area contributed by atoms with Gasteiger partial charge in [0, 0.05) is 0 Å². The summed E-state index contributed by atoms with van der Waals surface area (Å²) in [4.78, 5) is 11.3. The Balaban J connectivity index is 2.89. The Kier molecular flexibility index (Phi) is 3.88. The van der Waals surface area contributed by atoms with Crippen LogP contribution in [0.5, 0.6) is 5.75 Å². The highest BCUT2D eigenvalue weighted by atomic mass is 19.4. The summed E-state index contributed by atoms with van der Waals surface area (Å²) in [7, 11) is 0. The quantitative estimate of drug-likeness (QED) is 0.566. The van der Waals surface area contributed by atoms with Crippen molar-refractivity contribution < 1.29 is 27.4 Å². The first-order valence-corrected chi connectivity index (χ1v) is 5.16. The molecule has 0 aliphatic carbocycles. The zero-order valence-corrected chi connectivity index (χ0v) is 10.2. The molecule has 0 bridgehead atoms. The van der Waals surface area contributed by atoms with Gasteiger partial charge < -0.3 is 9.47 Å². The molecule has 6 heteroatoms. The zero-order valence-electron chi connectivity index (χ0n) is 10.2. The smallest absolute Gasteiger partial charge is 0.428 e. The van der Waals surface area contributed by atoms with E-state index in [1.165, 1.54) is 12.1 Å². The minimum absolute atomic E-state index is 0.570. The number of para-hydroxylation sites is 1. The van der Waals surface area contributed by atoms with E-state index >= 15 is 0 Å². The number of rotatable bonds is 1. The van der Waals surface area contributed by atoms with Gasteiger partial charge in [-0.15, -0.1) is 0 Å². The molecule has 0 saturated heterocycles. The summed E-state index contributed by atoms with van der Waals surface area (Å²) < 4.78 is 47.2. The minimum Gasteiger partial charge on any atom is -0.428 e. The molecule has 100 valence electrons. The Morgan fingerprint density at radius 3 is 2.17 bits per heavy atom. The number of carbonyl (C=O) groups is 1. The second-order valence-electron chi connectivity index (χ2n) is 4.56. The fourth-order valence-corrected chi connectivity index (χ4v) is 1.15. The summed E-state index contributed by atoms with van der Waals surface area (Å²) in [6.45, 7) is 4.76. The van der Waals surface area contributed by atoms with E-state index in [1.807, 2.05) is 0 Å². The standard InChI is InChI=1S/C12H13F3O3/c1-11(2,3)18-10(16)17-9-7-5-4-6-8(9)12(13,14)15/h4-7H,1-3H3. The highest BCUT2D eigenvalue weighted by Gasteiger charge is 2.35. The summed E-state index contributed by atoms with van der Waals surface area (Å²) >= 11 is 0. The van der Waals surface area contributed by atoms with Crippen LogP contribution in [0.15, 0.2) is 24.3 Å². The fraction of sp³-hybridized carbons (Fsp3) is 0.417. The first-order chi connectivity index (χ1) is 8.09. The van der Waals surface area contributed by atoms with Crippen LogP contribution in [0.4, 0.5) is 18.0 Å². The lowest BCUT2D eigenvalue weighted by Crippen LogP contribution is -2.26. The first kappa shape index (κ1) is 14.3. The van der Waals surface area contributed by atoms with Crippen LogP contribution in [-0.2, 0) is 10.9 Å². The van der Waals surface area contributed by atoms with Gasteiger partial charge in [-0.3, -0.25) is 0 Å². The molecule has 0 radical (unpaired) electrons. The van der Waals surface area contributed by atoms with Gasteiger partial charge in [-0.1, -0.05) is 12.1 Å². The Hall–Kier alpha value is -1.72. The molecule has 0 unspecified atom stereocenters. The maximum atomic E-state index is 12.6. The largest absolute Gasteiger partial charge is 0.514 e. The number of halogens is 3. The second-order valence-corrected chi connectivity index (χ2v) is 4.56. The molecule has 0 fully saturated rings. The molecule has 0 saturated carbocycles. The number of benzene rings is 1. The van der Waals surface area contributed by atoms with Crippen molar-refractivity contribution in [3.8, 4) is 5.75 Å². The first-order valence-electron chi connectivity index (χ1n) is 5.16. The van der Waals surface area contributed by atoms with Crippen molar-refractivity contribution in [3.63, 3.8) is 0 Å². The van der Waals surface area contributed by atoms with Crippen LogP contribution in [0.3, 0.4) is 0 Å². The number of alkyl halides is 3. The van der Waals surface area contributed by atoms with Crippen LogP contribution in [0, 0.1) is 0 Å². The van der Waals surface area contributed by atoms with Crippen LogP contribution in [-0.4, -0.2) is 11.8 Å².